The first-order valence-corrected chi connectivity index (χ1v) is 13.2. The van der Waals surface area contributed by atoms with Gasteiger partial charge < -0.3 is 25.0 Å². The highest BCUT2D eigenvalue weighted by Gasteiger charge is 2.51. The zero-order valence-electron chi connectivity index (χ0n) is 20.1. The van der Waals surface area contributed by atoms with E-state index < -0.39 is 34.2 Å². The van der Waals surface area contributed by atoms with Crippen LogP contribution in [0.15, 0.2) is 65.6 Å². The van der Waals surface area contributed by atoms with E-state index in [1.54, 1.807) is 30.3 Å². The van der Waals surface area contributed by atoms with Gasteiger partial charge in [-0.05, 0) is 61.7 Å². The maximum absolute atomic E-state index is 13.2. The Morgan fingerprint density at radius 3 is 2.43 bits per heavy atom. The van der Waals surface area contributed by atoms with E-state index in [1.165, 1.54) is 19.1 Å². The molecule has 10 nitrogen and oxygen atoms in total. The molecule has 0 spiro atoms. The van der Waals surface area contributed by atoms with Gasteiger partial charge in [0.15, 0.2) is 11.5 Å². The van der Waals surface area contributed by atoms with Gasteiger partial charge in [-0.3, -0.25) is 4.79 Å². The minimum Gasteiger partial charge on any atom is -0.454 e. The van der Waals surface area contributed by atoms with Crippen LogP contribution in [0.5, 0.6) is 11.5 Å². The zero-order chi connectivity index (χ0) is 26.3. The van der Waals surface area contributed by atoms with Crippen LogP contribution in [-0.4, -0.2) is 55.1 Å². The van der Waals surface area contributed by atoms with Gasteiger partial charge in [-0.1, -0.05) is 24.3 Å². The Balaban J connectivity index is 0.00000187. The van der Waals surface area contributed by atoms with Crippen molar-refractivity contribution in [3.63, 3.8) is 0 Å². The van der Waals surface area contributed by atoms with Crippen molar-refractivity contribution in [1.29, 1.82) is 0 Å². The summed E-state index contributed by atoms with van der Waals surface area (Å²) in [5.74, 6) is 1.53. The number of ether oxygens (including phenoxy) is 2. The van der Waals surface area contributed by atoms with E-state index in [2.05, 4.69) is 15.0 Å². The van der Waals surface area contributed by atoms with Crippen LogP contribution in [0.4, 0.5) is 5.82 Å². The molecule has 0 unspecified atom stereocenters. The second-order valence-corrected chi connectivity index (χ2v) is 11.2. The van der Waals surface area contributed by atoms with Gasteiger partial charge in [-0.2, -0.15) is 0 Å². The standard InChI is InChI=1S/C26H27N3O7S.3H2/c1-25(14-30,15-31)29-37(33,34)19-8-5-17(6-9-19)20-3-2-4-23(27-20)28-24(32)26(11-12-26)18-7-10-21-22(13-18)36-16-35-21;;;/h2-10,13,29-31H,11-12,14-16H2,1H3,(H,27,28,32);3*1H. The van der Waals surface area contributed by atoms with Crippen molar-refractivity contribution >= 4 is 21.7 Å². The Bertz CT molecular complexity index is 1450. The summed E-state index contributed by atoms with van der Waals surface area (Å²) in [6, 6.07) is 16.8. The second-order valence-electron chi connectivity index (χ2n) is 9.52. The number of aromatic nitrogens is 1. The Kier molecular flexibility index (Phi) is 6.40. The molecule has 0 bridgehead atoms. The summed E-state index contributed by atoms with van der Waals surface area (Å²) >= 11 is 0. The van der Waals surface area contributed by atoms with Gasteiger partial charge in [0.2, 0.25) is 22.7 Å². The number of nitrogens with zero attached hydrogens (tertiary/aromatic N) is 1. The van der Waals surface area contributed by atoms with Crippen LogP contribution in [0.3, 0.4) is 0 Å². The van der Waals surface area contributed by atoms with Gasteiger partial charge in [0.25, 0.3) is 0 Å². The average Bonchev–Trinajstić information content (AvgIpc) is 3.59. The monoisotopic (exact) mass is 531 g/mol. The maximum atomic E-state index is 13.2. The van der Waals surface area contributed by atoms with Gasteiger partial charge in [0.1, 0.15) is 5.82 Å². The maximum Gasteiger partial charge on any atom is 0.241 e. The van der Waals surface area contributed by atoms with E-state index in [1.807, 2.05) is 18.2 Å². The Morgan fingerprint density at radius 1 is 1.05 bits per heavy atom. The first-order chi connectivity index (χ1) is 17.7. The minimum atomic E-state index is -3.97. The highest BCUT2D eigenvalue weighted by Crippen LogP contribution is 2.51. The lowest BCUT2D eigenvalue weighted by Gasteiger charge is -2.25. The quantitative estimate of drug-likeness (QED) is 0.330. The zero-order valence-corrected chi connectivity index (χ0v) is 20.9. The predicted molar refractivity (Wildman–Crippen MR) is 141 cm³/mol. The number of amides is 1. The number of aliphatic hydroxyl groups is 2. The molecule has 0 radical (unpaired) electrons. The van der Waals surface area contributed by atoms with Crippen LogP contribution >= 0.6 is 0 Å². The molecule has 11 heteroatoms. The Hall–Kier alpha value is -3.51. The normalized spacial score (nSPS) is 15.9. The fraction of sp³-hybridized carbons (Fsp3) is 0.308. The van der Waals surface area contributed by atoms with Gasteiger partial charge in [-0.25, -0.2) is 18.1 Å². The molecule has 4 N–H and O–H groups in total. The SMILES string of the molecule is CC(CO)(CO)NS(=O)(=O)c1ccc(-c2cccc(NC(=O)C3(c4ccc5c(c4)OCO5)CC3)n2)cc1.[HH].[HH].[HH]. The van der Waals surface area contributed by atoms with Crippen molar-refractivity contribution in [2.24, 2.45) is 0 Å². The van der Waals surface area contributed by atoms with Crippen molar-refractivity contribution in [2.75, 3.05) is 25.3 Å². The Labute approximate surface area is 218 Å². The lowest BCUT2D eigenvalue weighted by molar-refractivity contribution is -0.118. The van der Waals surface area contributed by atoms with E-state index in [0.29, 0.717) is 41.4 Å². The van der Waals surface area contributed by atoms with Gasteiger partial charge in [0, 0.05) is 9.84 Å². The second kappa shape index (κ2) is 9.42. The van der Waals surface area contributed by atoms with Crippen LogP contribution < -0.4 is 19.5 Å². The molecule has 37 heavy (non-hydrogen) atoms. The van der Waals surface area contributed by atoms with Crippen LogP contribution in [0, 0.1) is 0 Å². The molecule has 3 aromatic rings. The third kappa shape index (κ3) is 4.90. The van der Waals surface area contributed by atoms with Crippen molar-refractivity contribution in [2.45, 2.75) is 35.6 Å². The number of nitrogens with one attached hydrogen (secondary N) is 2. The number of hydrogen-bond donors (Lipinski definition) is 4. The first kappa shape index (κ1) is 25.2. The lowest BCUT2D eigenvalue weighted by atomic mass is 9.94. The van der Waals surface area contributed by atoms with E-state index in [9.17, 15) is 23.4 Å². The van der Waals surface area contributed by atoms with Crippen molar-refractivity contribution in [1.82, 2.24) is 9.71 Å². The molecule has 1 aliphatic carbocycles. The van der Waals surface area contributed by atoms with Crippen LogP contribution in [0.2, 0.25) is 0 Å². The molecule has 1 aromatic heterocycles. The number of hydrogen-bond acceptors (Lipinski definition) is 8. The number of anilines is 1. The molecule has 1 fully saturated rings. The summed E-state index contributed by atoms with van der Waals surface area (Å²) < 4.78 is 38.5. The number of fused-ring (bicyclic) bond motifs is 1. The predicted octanol–water partition coefficient (Wildman–Crippen LogP) is 2.91. The number of rotatable bonds is 9. The molecule has 200 valence electrons. The molecule has 2 aromatic carbocycles. The summed E-state index contributed by atoms with van der Waals surface area (Å²) in [6.07, 6.45) is 1.43. The van der Waals surface area contributed by atoms with Gasteiger partial charge in [0.05, 0.1) is 34.8 Å². The third-order valence-corrected chi connectivity index (χ3v) is 8.29. The average molecular weight is 532 g/mol. The van der Waals surface area contributed by atoms with Gasteiger partial charge in [-0.15, -0.1) is 0 Å². The summed E-state index contributed by atoms with van der Waals surface area (Å²) in [5, 5.41) is 21.7. The summed E-state index contributed by atoms with van der Waals surface area (Å²) in [4.78, 5) is 17.8. The molecular weight excluding hydrogens is 498 g/mol. The molecule has 1 amide bonds. The van der Waals surface area contributed by atoms with Crippen molar-refractivity contribution in [3.8, 4) is 22.8 Å². The summed E-state index contributed by atoms with van der Waals surface area (Å²) in [6.45, 7) is 0.460. The minimum absolute atomic E-state index is 0. The van der Waals surface area contributed by atoms with Crippen molar-refractivity contribution < 1.29 is 37.2 Å². The smallest absolute Gasteiger partial charge is 0.241 e. The van der Waals surface area contributed by atoms with E-state index in [0.717, 1.165) is 5.56 Å². The first-order valence-electron chi connectivity index (χ1n) is 11.7. The van der Waals surface area contributed by atoms with E-state index in [4.69, 9.17) is 9.47 Å². The number of benzene rings is 2. The fourth-order valence-corrected chi connectivity index (χ4v) is 5.56. The molecule has 2 heterocycles. The van der Waals surface area contributed by atoms with Crippen LogP contribution in [0.25, 0.3) is 11.3 Å². The summed E-state index contributed by atoms with van der Waals surface area (Å²) in [7, 11) is -3.97. The number of aliphatic hydroxyl groups excluding tert-OH is 2. The van der Waals surface area contributed by atoms with E-state index >= 15 is 0 Å². The number of carbonyl (C=O) groups is 1. The molecular formula is C26H33N3O7S. The van der Waals surface area contributed by atoms with Crippen LogP contribution in [0.1, 0.15) is 29.6 Å². The highest BCUT2D eigenvalue weighted by atomic mass is 32.2. The van der Waals surface area contributed by atoms with Crippen LogP contribution in [-0.2, 0) is 20.2 Å². The van der Waals surface area contributed by atoms with E-state index in [-0.39, 0.29) is 21.9 Å². The topological polar surface area (TPSA) is 147 Å². The number of sulfonamides is 1. The number of carbonyl (C=O) groups excluding carboxylic acids is 1. The highest BCUT2D eigenvalue weighted by molar-refractivity contribution is 7.89. The Morgan fingerprint density at radius 2 is 1.76 bits per heavy atom. The fourth-order valence-electron chi connectivity index (χ4n) is 4.17. The number of pyridine rings is 1. The third-order valence-electron chi connectivity index (χ3n) is 6.64. The molecule has 0 saturated heterocycles. The molecule has 1 saturated carbocycles. The molecule has 0 atom stereocenters. The molecule has 5 rings (SSSR count). The molecule has 1 aliphatic heterocycles. The van der Waals surface area contributed by atoms with Gasteiger partial charge >= 0.3 is 0 Å². The van der Waals surface area contributed by atoms with Crippen molar-refractivity contribution in [3.05, 3.63) is 66.2 Å². The molecule has 2 aliphatic rings. The largest absolute Gasteiger partial charge is 0.454 e. The lowest BCUT2D eigenvalue weighted by Crippen LogP contribution is -2.51. The summed E-state index contributed by atoms with van der Waals surface area (Å²) in [5.41, 5.74) is 0.0521.